The van der Waals surface area contributed by atoms with E-state index in [9.17, 15) is 0 Å². The van der Waals surface area contributed by atoms with Crippen LogP contribution in [0.25, 0.3) is 0 Å². The van der Waals surface area contributed by atoms with Crippen LogP contribution in [0.15, 0.2) is 18.2 Å². The van der Waals surface area contributed by atoms with Gasteiger partial charge in [-0.25, -0.2) is 0 Å². The molecule has 0 aliphatic carbocycles. The number of hydrogen-bond donors (Lipinski definition) is 0. The Kier molecular flexibility index (Phi) is 4.99. The molecule has 0 spiro atoms. The summed E-state index contributed by atoms with van der Waals surface area (Å²) in [5.41, 5.74) is 1.78. The van der Waals surface area contributed by atoms with E-state index in [0.717, 1.165) is 6.54 Å². The molecule has 1 fully saturated rings. The van der Waals surface area contributed by atoms with Crippen LogP contribution in [0.4, 0.5) is 0 Å². The molecular weight excluding hydrogens is 250 g/mol. The molecule has 1 heterocycles. The summed E-state index contributed by atoms with van der Waals surface area (Å²) in [6.07, 6.45) is 2.43. The lowest BCUT2D eigenvalue weighted by Gasteiger charge is -2.35. The lowest BCUT2D eigenvalue weighted by atomic mass is 10.0. The minimum atomic E-state index is 0.613. The summed E-state index contributed by atoms with van der Waals surface area (Å²) in [6.45, 7) is 3.22. The van der Waals surface area contributed by atoms with Crippen LogP contribution in [-0.4, -0.2) is 50.1 Å². The number of nitriles is 1. The maximum absolute atomic E-state index is 9.14. The van der Waals surface area contributed by atoms with Crippen molar-refractivity contribution in [2.45, 2.75) is 25.4 Å². The van der Waals surface area contributed by atoms with Crippen molar-refractivity contribution in [2.75, 3.05) is 34.3 Å². The third-order valence-corrected chi connectivity index (χ3v) is 4.13. The van der Waals surface area contributed by atoms with Gasteiger partial charge in [-0.1, -0.05) is 6.07 Å². The molecule has 2 rings (SSSR count). The first kappa shape index (κ1) is 14.8. The van der Waals surface area contributed by atoms with Crippen LogP contribution in [0.5, 0.6) is 5.75 Å². The first-order valence-electron chi connectivity index (χ1n) is 7.10. The molecule has 0 unspecified atom stereocenters. The summed E-state index contributed by atoms with van der Waals surface area (Å²) < 4.78 is 5.18. The molecular formula is C16H23N3O. The van der Waals surface area contributed by atoms with Gasteiger partial charge < -0.3 is 9.64 Å². The fraction of sp³-hybridized carbons (Fsp3) is 0.562. The molecule has 1 aliphatic rings. The summed E-state index contributed by atoms with van der Waals surface area (Å²) >= 11 is 0. The van der Waals surface area contributed by atoms with Gasteiger partial charge in [-0.3, -0.25) is 4.90 Å². The Morgan fingerprint density at radius 1 is 1.40 bits per heavy atom. The molecule has 0 radical (unpaired) electrons. The second-order valence-corrected chi connectivity index (χ2v) is 5.60. The van der Waals surface area contributed by atoms with E-state index in [1.807, 2.05) is 18.2 Å². The number of ether oxygens (including phenoxy) is 1. The number of methoxy groups -OCH3 is 1. The van der Waals surface area contributed by atoms with Gasteiger partial charge in [0, 0.05) is 12.6 Å². The molecule has 1 saturated heterocycles. The predicted molar refractivity (Wildman–Crippen MR) is 79.7 cm³/mol. The van der Waals surface area contributed by atoms with Crippen LogP contribution >= 0.6 is 0 Å². The molecule has 4 heteroatoms. The van der Waals surface area contributed by atoms with Gasteiger partial charge in [0.25, 0.3) is 0 Å². The average Bonchev–Trinajstić information content (AvgIpc) is 2.47. The zero-order valence-electron chi connectivity index (χ0n) is 12.6. The fourth-order valence-electron chi connectivity index (χ4n) is 2.79. The second-order valence-electron chi connectivity index (χ2n) is 5.60. The van der Waals surface area contributed by atoms with Gasteiger partial charge in [-0.15, -0.1) is 0 Å². The van der Waals surface area contributed by atoms with Gasteiger partial charge in [-0.05, 0) is 57.7 Å². The van der Waals surface area contributed by atoms with E-state index < -0.39 is 0 Å². The zero-order valence-corrected chi connectivity index (χ0v) is 12.6. The highest BCUT2D eigenvalue weighted by Gasteiger charge is 2.20. The van der Waals surface area contributed by atoms with Gasteiger partial charge in [0.2, 0.25) is 0 Å². The molecule has 0 amide bonds. The molecule has 0 aromatic heterocycles. The third kappa shape index (κ3) is 3.50. The Morgan fingerprint density at radius 3 is 2.70 bits per heavy atom. The summed E-state index contributed by atoms with van der Waals surface area (Å²) in [5.74, 6) is 0.651. The highest BCUT2D eigenvalue weighted by molar-refractivity contribution is 5.45. The molecule has 108 valence electrons. The van der Waals surface area contributed by atoms with Crippen molar-refractivity contribution in [1.29, 1.82) is 5.26 Å². The molecule has 4 nitrogen and oxygen atoms in total. The Labute approximate surface area is 121 Å². The lowest BCUT2D eigenvalue weighted by Crippen LogP contribution is -2.41. The monoisotopic (exact) mass is 273 g/mol. The Bertz CT molecular complexity index is 487. The smallest absolute Gasteiger partial charge is 0.136 e. The summed E-state index contributed by atoms with van der Waals surface area (Å²) in [6, 6.07) is 8.70. The average molecular weight is 273 g/mol. The van der Waals surface area contributed by atoms with Gasteiger partial charge in [-0.2, -0.15) is 5.26 Å². The SMILES string of the molecule is COc1ccc(CN(C)C2CCN(C)CC2)cc1C#N. The second kappa shape index (κ2) is 6.74. The number of likely N-dealkylation sites (tertiary alicyclic amines) is 1. The minimum Gasteiger partial charge on any atom is -0.495 e. The van der Waals surface area contributed by atoms with Crippen LogP contribution in [0, 0.1) is 11.3 Å². The lowest BCUT2D eigenvalue weighted by molar-refractivity contribution is 0.139. The Hall–Kier alpha value is -1.57. The number of nitrogens with zero attached hydrogens (tertiary/aromatic N) is 3. The third-order valence-electron chi connectivity index (χ3n) is 4.13. The van der Waals surface area contributed by atoms with Crippen molar-refractivity contribution in [3.05, 3.63) is 29.3 Å². The van der Waals surface area contributed by atoms with E-state index in [1.54, 1.807) is 7.11 Å². The van der Waals surface area contributed by atoms with Crippen LogP contribution in [0.1, 0.15) is 24.0 Å². The van der Waals surface area contributed by atoms with Gasteiger partial charge >= 0.3 is 0 Å². The molecule has 20 heavy (non-hydrogen) atoms. The Morgan fingerprint density at radius 2 is 2.10 bits per heavy atom. The fourth-order valence-corrected chi connectivity index (χ4v) is 2.79. The van der Waals surface area contributed by atoms with Crippen LogP contribution in [-0.2, 0) is 6.54 Å². The summed E-state index contributed by atoms with van der Waals surface area (Å²) in [5, 5.41) is 9.14. The van der Waals surface area contributed by atoms with Crippen molar-refractivity contribution in [3.8, 4) is 11.8 Å². The topological polar surface area (TPSA) is 39.5 Å². The van der Waals surface area contributed by atoms with E-state index in [0.29, 0.717) is 17.4 Å². The summed E-state index contributed by atoms with van der Waals surface area (Å²) in [7, 11) is 5.95. The molecule has 1 aromatic carbocycles. The van der Waals surface area contributed by atoms with E-state index >= 15 is 0 Å². The molecule has 0 atom stereocenters. The van der Waals surface area contributed by atoms with E-state index in [1.165, 1.54) is 31.5 Å². The maximum Gasteiger partial charge on any atom is 0.136 e. The van der Waals surface area contributed by atoms with Crippen molar-refractivity contribution in [1.82, 2.24) is 9.80 Å². The van der Waals surface area contributed by atoms with Gasteiger partial charge in [0.1, 0.15) is 11.8 Å². The van der Waals surface area contributed by atoms with Crippen LogP contribution in [0.3, 0.4) is 0 Å². The van der Waals surface area contributed by atoms with Crippen molar-refractivity contribution in [3.63, 3.8) is 0 Å². The van der Waals surface area contributed by atoms with Gasteiger partial charge in [0.05, 0.1) is 12.7 Å². The van der Waals surface area contributed by atoms with Crippen molar-refractivity contribution in [2.24, 2.45) is 0 Å². The number of benzene rings is 1. The molecule has 0 saturated carbocycles. The van der Waals surface area contributed by atoms with Crippen LogP contribution < -0.4 is 4.74 Å². The van der Waals surface area contributed by atoms with Crippen molar-refractivity contribution >= 4 is 0 Å². The molecule has 0 bridgehead atoms. The van der Waals surface area contributed by atoms with Gasteiger partial charge in [0.15, 0.2) is 0 Å². The highest BCUT2D eigenvalue weighted by Crippen LogP contribution is 2.21. The molecule has 0 N–H and O–H groups in total. The van der Waals surface area contributed by atoms with E-state index in [-0.39, 0.29) is 0 Å². The predicted octanol–water partition coefficient (Wildman–Crippen LogP) is 2.09. The quantitative estimate of drug-likeness (QED) is 0.842. The zero-order chi connectivity index (χ0) is 14.5. The van der Waals surface area contributed by atoms with Crippen molar-refractivity contribution < 1.29 is 4.74 Å². The standard InChI is InChI=1S/C16H23N3O/c1-18-8-6-15(7-9-18)19(2)12-13-4-5-16(20-3)14(10-13)11-17/h4-5,10,15H,6-9,12H2,1-3H3. The number of hydrogen-bond acceptors (Lipinski definition) is 4. The minimum absolute atomic E-state index is 0.613. The maximum atomic E-state index is 9.14. The number of rotatable bonds is 4. The highest BCUT2D eigenvalue weighted by atomic mass is 16.5. The largest absolute Gasteiger partial charge is 0.495 e. The Balaban J connectivity index is 2.01. The first-order valence-corrected chi connectivity index (χ1v) is 7.10. The van der Waals surface area contributed by atoms with E-state index in [4.69, 9.17) is 10.00 Å². The normalized spacial score (nSPS) is 17.1. The number of piperidine rings is 1. The molecule has 1 aliphatic heterocycles. The van der Waals surface area contributed by atoms with Crippen LogP contribution in [0.2, 0.25) is 0 Å². The van der Waals surface area contributed by atoms with E-state index in [2.05, 4.69) is 30.0 Å². The first-order chi connectivity index (χ1) is 9.63. The summed E-state index contributed by atoms with van der Waals surface area (Å²) in [4.78, 5) is 4.78. The molecule has 1 aromatic rings.